The van der Waals surface area contributed by atoms with Crippen LogP contribution in [0.4, 0.5) is 6.01 Å². The van der Waals surface area contributed by atoms with Gasteiger partial charge in [0.25, 0.3) is 6.01 Å². The molecule has 0 aliphatic carbocycles. The van der Waals surface area contributed by atoms with Crippen molar-refractivity contribution >= 4 is 18.0 Å². The highest BCUT2D eigenvalue weighted by atomic mass is 16.5. The molecule has 0 fully saturated rings. The monoisotopic (exact) mass is 228 g/mol. The van der Waals surface area contributed by atoms with Gasteiger partial charge in [0.1, 0.15) is 12.3 Å². The second-order valence-electron chi connectivity index (χ2n) is 2.96. The molecule has 1 atom stereocenters. The summed E-state index contributed by atoms with van der Waals surface area (Å²) in [6, 6.07) is -0.883. The van der Waals surface area contributed by atoms with Gasteiger partial charge < -0.3 is 19.6 Å². The van der Waals surface area contributed by atoms with Gasteiger partial charge in [-0.2, -0.15) is 4.98 Å². The van der Waals surface area contributed by atoms with E-state index in [1.807, 2.05) is 0 Å². The topological polar surface area (TPSA) is 102 Å². The number of carboxylic acids is 1. The van der Waals surface area contributed by atoms with Crippen molar-refractivity contribution < 1.29 is 23.8 Å². The van der Waals surface area contributed by atoms with Crippen LogP contribution in [0.2, 0.25) is 0 Å². The summed E-state index contributed by atoms with van der Waals surface area (Å²) in [5.74, 6) is -1.65. The van der Waals surface area contributed by atoms with E-state index in [9.17, 15) is 9.59 Å². The van der Waals surface area contributed by atoms with Crippen LogP contribution in [0, 0.1) is 0 Å². The minimum Gasteiger partial charge on any atom is -0.480 e. The van der Waals surface area contributed by atoms with Gasteiger partial charge in [-0.15, -0.1) is 0 Å². The molecule has 0 radical (unpaired) electrons. The van der Waals surface area contributed by atoms with E-state index >= 15 is 0 Å². The van der Waals surface area contributed by atoms with Crippen LogP contribution in [-0.4, -0.2) is 34.7 Å². The first-order chi connectivity index (χ1) is 7.54. The Morgan fingerprint density at radius 3 is 2.94 bits per heavy atom. The molecule has 1 heterocycles. The molecule has 16 heavy (non-hydrogen) atoms. The molecule has 0 spiro atoms. The number of nitrogens with zero attached hydrogens (tertiary/aromatic N) is 1. The molecule has 88 valence electrons. The van der Waals surface area contributed by atoms with Crippen LogP contribution >= 0.6 is 0 Å². The maximum Gasteiger partial charge on any atom is 0.360 e. The molecule has 1 unspecified atom stereocenters. The number of anilines is 1. The molecule has 0 amide bonds. The lowest BCUT2D eigenvalue weighted by atomic mass is 10.3. The molecule has 1 rings (SSSR count). The van der Waals surface area contributed by atoms with Crippen molar-refractivity contribution in [2.45, 2.75) is 19.9 Å². The van der Waals surface area contributed by atoms with Crippen molar-refractivity contribution in [2.24, 2.45) is 0 Å². The zero-order chi connectivity index (χ0) is 12.1. The molecule has 0 saturated carbocycles. The van der Waals surface area contributed by atoms with Crippen molar-refractivity contribution in [1.82, 2.24) is 4.98 Å². The summed E-state index contributed by atoms with van der Waals surface area (Å²) in [6.45, 7) is 3.33. The Bertz CT molecular complexity index is 387. The summed E-state index contributed by atoms with van der Waals surface area (Å²) in [7, 11) is 0. The van der Waals surface area contributed by atoms with Gasteiger partial charge in [0.2, 0.25) is 0 Å². The van der Waals surface area contributed by atoms with Crippen LogP contribution in [0.15, 0.2) is 10.7 Å². The summed E-state index contributed by atoms with van der Waals surface area (Å²) in [4.78, 5) is 25.4. The molecule has 2 N–H and O–H groups in total. The fraction of sp³-hybridized carbons (Fsp3) is 0.444. The molecule has 0 saturated heterocycles. The first-order valence-electron chi connectivity index (χ1n) is 4.66. The van der Waals surface area contributed by atoms with Crippen molar-refractivity contribution in [1.29, 1.82) is 0 Å². The number of carbonyl (C=O) groups is 2. The highest BCUT2D eigenvalue weighted by Crippen LogP contribution is 2.09. The number of hydrogen-bond acceptors (Lipinski definition) is 6. The SMILES string of the molecule is CCOC(=O)c1coc(NC(C)C(=O)O)n1. The zero-order valence-corrected chi connectivity index (χ0v) is 8.89. The third-order valence-electron chi connectivity index (χ3n) is 1.70. The molecule has 0 aromatic carbocycles. The minimum absolute atomic E-state index is 0.00180. The van der Waals surface area contributed by atoms with Crippen LogP contribution in [-0.2, 0) is 9.53 Å². The normalized spacial score (nSPS) is 11.9. The second kappa shape index (κ2) is 5.15. The Balaban J connectivity index is 2.64. The highest BCUT2D eigenvalue weighted by molar-refractivity contribution is 5.87. The third kappa shape index (κ3) is 2.97. The lowest BCUT2D eigenvalue weighted by Gasteiger charge is -2.04. The Morgan fingerprint density at radius 2 is 2.38 bits per heavy atom. The van der Waals surface area contributed by atoms with Gasteiger partial charge in [0.15, 0.2) is 5.69 Å². The fourth-order valence-electron chi connectivity index (χ4n) is 0.886. The smallest absolute Gasteiger partial charge is 0.360 e. The Hall–Kier alpha value is -2.05. The third-order valence-corrected chi connectivity index (χ3v) is 1.70. The van der Waals surface area contributed by atoms with Gasteiger partial charge in [-0.05, 0) is 13.8 Å². The predicted molar refractivity (Wildman–Crippen MR) is 53.2 cm³/mol. The summed E-state index contributed by atoms with van der Waals surface area (Å²) in [5, 5.41) is 11.1. The van der Waals surface area contributed by atoms with Crippen LogP contribution < -0.4 is 5.32 Å². The van der Waals surface area contributed by atoms with Crippen molar-refractivity contribution in [2.75, 3.05) is 11.9 Å². The van der Waals surface area contributed by atoms with Gasteiger partial charge in [-0.1, -0.05) is 0 Å². The molecule has 7 heteroatoms. The summed E-state index contributed by atoms with van der Waals surface area (Å²) in [5.41, 5.74) is 0.00180. The first-order valence-corrected chi connectivity index (χ1v) is 4.66. The van der Waals surface area contributed by atoms with E-state index in [2.05, 4.69) is 15.0 Å². The van der Waals surface area contributed by atoms with E-state index in [-0.39, 0.29) is 18.3 Å². The summed E-state index contributed by atoms with van der Waals surface area (Å²) in [6.07, 6.45) is 1.11. The minimum atomic E-state index is -1.05. The number of carbonyl (C=O) groups excluding carboxylic acids is 1. The standard InChI is InChI=1S/C9H12N2O5/c1-3-15-8(14)6-4-16-9(11-6)10-5(2)7(12)13/h4-5H,3H2,1-2H3,(H,10,11)(H,12,13). The molecule has 7 nitrogen and oxygen atoms in total. The van der Waals surface area contributed by atoms with E-state index in [0.29, 0.717) is 0 Å². The number of ether oxygens (including phenoxy) is 1. The molecule has 1 aromatic heterocycles. The average Bonchev–Trinajstić information content (AvgIpc) is 2.66. The number of nitrogens with one attached hydrogen (secondary N) is 1. The van der Waals surface area contributed by atoms with Crippen molar-refractivity contribution in [3.63, 3.8) is 0 Å². The Morgan fingerprint density at radius 1 is 1.69 bits per heavy atom. The Kier molecular flexibility index (Phi) is 3.87. The van der Waals surface area contributed by atoms with Gasteiger partial charge in [-0.25, -0.2) is 4.79 Å². The number of rotatable bonds is 5. The predicted octanol–water partition coefficient (Wildman–Crippen LogP) is 0.736. The van der Waals surface area contributed by atoms with Gasteiger partial charge in [0.05, 0.1) is 6.61 Å². The fourth-order valence-corrected chi connectivity index (χ4v) is 0.886. The maximum absolute atomic E-state index is 11.2. The maximum atomic E-state index is 11.2. The van der Waals surface area contributed by atoms with E-state index in [1.54, 1.807) is 6.92 Å². The number of esters is 1. The van der Waals surface area contributed by atoms with Crippen LogP contribution in [0.1, 0.15) is 24.3 Å². The van der Waals surface area contributed by atoms with Crippen molar-refractivity contribution in [3.05, 3.63) is 12.0 Å². The average molecular weight is 228 g/mol. The molecule has 0 aliphatic heterocycles. The zero-order valence-electron chi connectivity index (χ0n) is 8.89. The molecular formula is C9H12N2O5. The highest BCUT2D eigenvalue weighted by Gasteiger charge is 2.16. The van der Waals surface area contributed by atoms with E-state index < -0.39 is 18.0 Å². The number of carboxylic acid groups (broad SMARTS) is 1. The Labute approximate surface area is 91.4 Å². The van der Waals surface area contributed by atoms with Gasteiger partial charge >= 0.3 is 11.9 Å². The van der Waals surface area contributed by atoms with E-state index in [1.165, 1.54) is 6.92 Å². The number of hydrogen-bond donors (Lipinski definition) is 2. The molecular weight excluding hydrogens is 216 g/mol. The molecule has 0 aliphatic rings. The van der Waals surface area contributed by atoms with Gasteiger partial charge in [0, 0.05) is 0 Å². The van der Waals surface area contributed by atoms with Crippen LogP contribution in [0.25, 0.3) is 0 Å². The largest absolute Gasteiger partial charge is 0.480 e. The van der Waals surface area contributed by atoms with Crippen molar-refractivity contribution in [3.8, 4) is 0 Å². The summed E-state index contributed by atoms with van der Waals surface area (Å²) >= 11 is 0. The summed E-state index contributed by atoms with van der Waals surface area (Å²) < 4.78 is 9.55. The second-order valence-corrected chi connectivity index (χ2v) is 2.96. The van der Waals surface area contributed by atoms with E-state index in [4.69, 9.17) is 9.52 Å². The first kappa shape index (κ1) is 12.0. The number of aromatic nitrogens is 1. The lowest BCUT2D eigenvalue weighted by Crippen LogP contribution is -2.25. The number of oxazole rings is 1. The van der Waals surface area contributed by atoms with E-state index in [0.717, 1.165) is 6.26 Å². The lowest BCUT2D eigenvalue weighted by molar-refractivity contribution is -0.137. The van der Waals surface area contributed by atoms with Gasteiger partial charge in [-0.3, -0.25) is 4.79 Å². The molecule has 0 bridgehead atoms. The molecule has 1 aromatic rings. The van der Waals surface area contributed by atoms with Crippen LogP contribution in [0.3, 0.4) is 0 Å². The number of aliphatic carboxylic acids is 1. The quantitative estimate of drug-likeness (QED) is 0.716. The van der Waals surface area contributed by atoms with Crippen LogP contribution in [0.5, 0.6) is 0 Å².